The van der Waals surface area contributed by atoms with Gasteiger partial charge in [-0.3, -0.25) is 4.79 Å². The number of carboxylic acid groups (broad SMARTS) is 1. The van der Waals surface area contributed by atoms with Crippen LogP contribution in [0.3, 0.4) is 0 Å². The molecule has 0 radical (unpaired) electrons. The van der Waals surface area contributed by atoms with Gasteiger partial charge in [-0.25, -0.2) is 9.18 Å². The lowest BCUT2D eigenvalue weighted by molar-refractivity contribution is -0.144. The maximum Gasteiger partial charge on any atom is 0.326 e. The van der Waals surface area contributed by atoms with E-state index in [2.05, 4.69) is 5.32 Å². The van der Waals surface area contributed by atoms with Crippen LogP contribution in [0.25, 0.3) is 0 Å². The summed E-state index contributed by atoms with van der Waals surface area (Å²) in [5.74, 6) is -1.13. The van der Waals surface area contributed by atoms with E-state index in [0.29, 0.717) is 5.75 Å². The highest BCUT2D eigenvalue weighted by molar-refractivity contribution is 7.99. The maximum absolute atomic E-state index is 12.7. The highest BCUT2D eigenvalue weighted by atomic mass is 32.2. The fourth-order valence-corrected chi connectivity index (χ4v) is 2.53. The first-order valence-electron chi connectivity index (χ1n) is 6.60. The Morgan fingerprint density at radius 3 is 2.33 bits per heavy atom. The molecule has 21 heavy (non-hydrogen) atoms. The number of carbonyl (C=O) groups excluding carboxylic acids is 1. The zero-order valence-corrected chi connectivity index (χ0v) is 13.2. The lowest BCUT2D eigenvalue weighted by Gasteiger charge is -2.27. The molecule has 0 aliphatic carbocycles. The molecule has 1 atom stereocenters. The Balaban J connectivity index is 2.43. The van der Waals surface area contributed by atoms with Crippen LogP contribution < -0.4 is 5.32 Å². The van der Waals surface area contributed by atoms with Crippen molar-refractivity contribution in [1.29, 1.82) is 0 Å². The average molecular weight is 313 g/mol. The minimum Gasteiger partial charge on any atom is -0.480 e. The summed E-state index contributed by atoms with van der Waals surface area (Å²) in [7, 11) is 0. The molecule has 116 valence electrons. The van der Waals surface area contributed by atoms with Crippen LogP contribution in [-0.2, 0) is 9.59 Å². The normalized spacial score (nSPS) is 12.8. The van der Waals surface area contributed by atoms with Crippen molar-refractivity contribution in [2.45, 2.75) is 38.1 Å². The minimum atomic E-state index is -1.04. The Kier molecular flexibility index (Phi) is 6.20. The number of benzene rings is 1. The average Bonchev–Trinajstić information content (AvgIpc) is 2.36. The quantitative estimate of drug-likeness (QED) is 0.793. The molecule has 4 nitrogen and oxygen atoms in total. The van der Waals surface area contributed by atoms with E-state index in [4.69, 9.17) is 5.11 Å². The van der Waals surface area contributed by atoms with Crippen molar-refractivity contribution in [3.63, 3.8) is 0 Å². The predicted octanol–water partition coefficient (Wildman–Crippen LogP) is 2.92. The molecule has 0 spiro atoms. The van der Waals surface area contributed by atoms with Crippen molar-refractivity contribution in [1.82, 2.24) is 5.32 Å². The van der Waals surface area contributed by atoms with Gasteiger partial charge in [0.1, 0.15) is 11.9 Å². The van der Waals surface area contributed by atoms with Gasteiger partial charge in [0.25, 0.3) is 0 Å². The Morgan fingerprint density at radius 1 is 1.29 bits per heavy atom. The molecule has 0 saturated carbocycles. The SMILES string of the molecule is CC(C)(C)[C@H](NC(=O)CCSc1ccc(F)cc1)C(=O)O. The monoisotopic (exact) mass is 313 g/mol. The van der Waals surface area contributed by atoms with E-state index in [1.165, 1.54) is 23.9 Å². The van der Waals surface area contributed by atoms with Crippen LogP contribution in [-0.4, -0.2) is 28.8 Å². The third-order valence-electron chi connectivity index (χ3n) is 2.83. The van der Waals surface area contributed by atoms with Crippen LogP contribution in [0.15, 0.2) is 29.2 Å². The van der Waals surface area contributed by atoms with Crippen molar-refractivity contribution >= 4 is 23.6 Å². The van der Waals surface area contributed by atoms with Gasteiger partial charge in [-0.05, 0) is 29.7 Å². The van der Waals surface area contributed by atoms with Gasteiger partial charge in [-0.15, -0.1) is 11.8 Å². The molecular formula is C15H20FNO3S. The zero-order chi connectivity index (χ0) is 16.0. The first-order valence-corrected chi connectivity index (χ1v) is 7.59. The third kappa shape index (κ3) is 6.16. The molecular weight excluding hydrogens is 293 g/mol. The fraction of sp³-hybridized carbons (Fsp3) is 0.467. The fourth-order valence-electron chi connectivity index (χ4n) is 1.67. The summed E-state index contributed by atoms with van der Waals surface area (Å²) >= 11 is 1.43. The number of rotatable bonds is 6. The lowest BCUT2D eigenvalue weighted by atomic mass is 9.87. The smallest absolute Gasteiger partial charge is 0.326 e. The lowest BCUT2D eigenvalue weighted by Crippen LogP contribution is -2.49. The van der Waals surface area contributed by atoms with Crippen LogP contribution in [0.2, 0.25) is 0 Å². The molecule has 1 amide bonds. The van der Waals surface area contributed by atoms with Gasteiger partial charge in [0.2, 0.25) is 5.91 Å². The molecule has 0 aromatic heterocycles. The van der Waals surface area contributed by atoms with Crippen LogP contribution in [0, 0.1) is 11.2 Å². The van der Waals surface area contributed by atoms with Crippen molar-refractivity contribution in [3.8, 4) is 0 Å². The van der Waals surface area contributed by atoms with Gasteiger partial charge >= 0.3 is 5.97 Å². The second-order valence-corrected chi connectivity index (χ2v) is 6.93. The van der Waals surface area contributed by atoms with Crippen LogP contribution in [0.1, 0.15) is 27.2 Å². The Labute approximate surface area is 128 Å². The van der Waals surface area contributed by atoms with Crippen molar-refractivity contribution in [2.75, 3.05) is 5.75 Å². The number of halogens is 1. The van der Waals surface area contributed by atoms with Gasteiger partial charge in [-0.2, -0.15) is 0 Å². The summed E-state index contributed by atoms with van der Waals surface area (Å²) in [6, 6.07) is 5.10. The number of carbonyl (C=O) groups is 2. The Hall–Kier alpha value is -1.56. The molecule has 6 heteroatoms. The van der Waals surface area contributed by atoms with Crippen LogP contribution in [0.5, 0.6) is 0 Å². The molecule has 1 aromatic carbocycles. The number of aliphatic carboxylic acids is 1. The summed E-state index contributed by atoms with van der Waals surface area (Å²) in [6.07, 6.45) is 0.210. The first-order chi connectivity index (χ1) is 9.70. The number of hydrogen-bond acceptors (Lipinski definition) is 3. The number of carboxylic acids is 1. The summed E-state index contributed by atoms with van der Waals surface area (Å²) in [6.45, 7) is 5.29. The number of nitrogens with one attached hydrogen (secondary N) is 1. The number of amides is 1. The second-order valence-electron chi connectivity index (χ2n) is 5.76. The molecule has 0 unspecified atom stereocenters. The maximum atomic E-state index is 12.7. The molecule has 0 saturated heterocycles. The second kappa shape index (κ2) is 7.45. The molecule has 0 aliphatic rings. The summed E-state index contributed by atoms with van der Waals surface area (Å²) in [5.41, 5.74) is -0.550. The molecule has 2 N–H and O–H groups in total. The summed E-state index contributed by atoms with van der Waals surface area (Å²) < 4.78 is 12.7. The van der Waals surface area contributed by atoms with Gasteiger partial charge < -0.3 is 10.4 Å². The van der Waals surface area contributed by atoms with Gasteiger partial charge in [0, 0.05) is 17.1 Å². The number of hydrogen-bond donors (Lipinski definition) is 2. The highest BCUT2D eigenvalue weighted by Gasteiger charge is 2.32. The zero-order valence-electron chi connectivity index (χ0n) is 12.4. The predicted molar refractivity (Wildman–Crippen MR) is 80.8 cm³/mol. The van der Waals surface area contributed by atoms with Gasteiger partial charge in [0.05, 0.1) is 0 Å². The number of thioether (sulfide) groups is 1. The van der Waals surface area contributed by atoms with E-state index in [0.717, 1.165) is 4.90 Å². The molecule has 1 aromatic rings. The van der Waals surface area contributed by atoms with E-state index in [-0.39, 0.29) is 18.1 Å². The van der Waals surface area contributed by atoms with Crippen molar-refractivity contribution in [2.24, 2.45) is 5.41 Å². The molecule has 0 aliphatic heterocycles. The first kappa shape index (κ1) is 17.5. The van der Waals surface area contributed by atoms with E-state index in [1.807, 2.05) is 0 Å². The van der Waals surface area contributed by atoms with E-state index in [1.54, 1.807) is 32.9 Å². The van der Waals surface area contributed by atoms with Gasteiger partial charge in [0.15, 0.2) is 0 Å². The van der Waals surface area contributed by atoms with Gasteiger partial charge in [-0.1, -0.05) is 20.8 Å². The molecule has 0 bridgehead atoms. The summed E-state index contributed by atoms with van der Waals surface area (Å²) in [4.78, 5) is 23.8. The standard InChI is InChI=1S/C15H20FNO3S/c1-15(2,3)13(14(19)20)17-12(18)8-9-21-11-6-4-10(16)5-7-11/h4-7,13H,8-9H2,1-3H3,(H,17,18)(H,19,20)/t13-/m1/s1. The third-order valence-corrected chi connectivity index (χ3v) is 3.84. The Bertz CT molecular complexity index is 497. The highest BCUT2D eigenvalue weighted by Crippen LogP contribution is 2.21. The van der Waals surface area contributed by atoms with Crippen molar-refractivity contribution < 1.29 is 19.1 Å². The van der Waals surface area contributed by atoms with E-state index < -0.39 is 17.4 Å². The topological polar surface area (TPSA) is 66.4 Å². The largest absolute Gasteiger partial charge is 0.480 e. The van der Waals surface area contributed by atoms with E-state index >= 15 is 0 Å². The van der Waals surface area contributed by atoms with Crippen LogP contribution >= 0.6 is 11.8 Å². The molecule has 0 fully saturated rings. The van der Waals surface area contributed by atoms with Crippen molar-refractivity contribution in [3.05, 3.63) is 30.1 Å². The minimum absolute atomic E-state index is 0.210. The van der Waals surface area contributed by atoms with Crippen LogP contribution in [0.4, 0.5) is 4.39 Å². The Morgan fingerprint density at radius 2 is 1.86 bits per heavy atom. The molecule has 0 heterocycles. The van der Waals surface area contributed by atoms with E-state index in [9.17, 15) is 14.0 Å². The summed E-state index contributed by atoms with van der Waals surface area (Å²) in [5, 5.41) is 11.7. The molecule has 1 rings (SSSR count).